The van der Waals surface area contributed by atoms with Gasteiger partial charge in [0.25, 0.3) is 0 Å². The lowest BCUT2D eigenvalue weighted by Crippen LogP contribution is -2.26. The summed E-state index contributed by atoms with van der Waals surface area (Å²) in [7, 11) is 3.35. The molecule has 0 bridgehead atoms. The van der Waals surface area contributed by atoms with Gasteiger partial charge in [-0.05, 0) is 48.2 Å². The molecule has 0 unspecified atom stereocenters. The average molecular weight is 461 g/mol. The number of nitrogens with one attached hydrogen (secondary N) is 1. The fourth-order valence-corrected chi connectivity index (χ4v) is 3.87. The van der Waals surface area contributed by atoms with Crippen LogP contribution in [0.15, 0.2) is 60.9 Å². The molecule has 0 aliphatic heterocycles. The second-order valence-corrected chi connectivity index (χ2v) is 8.16. The van der Waals surface area contributed by atoms with E-state index in [1.54, 1.807) is 24.9 Å². The zero-order valence-corrected chi connectivity index (χ0v) is 20.2. The van der Waals surface area contributed by atoms with E-state index in [2.05, 4.69) is 58.4 Å². The van der Waals surface area contributed by atoms with Gasteiger partial charge in [0.2, 0.25) is 5.95 Å². The molecule has 0 amide bonds. The van der Waals surface area contributed by atoms with Crippen molar-refractivity contribution in [3.8, 4) is 11.5 Å². The van der Waals surface area contributed by atoms with Crippen LogP contribution < -0.4 is 19.7 Å². The number of hydrogen-bond donors (Lipinski definition) is 1. The van der Waals surface area contributed by atoms with E-state index in [1.165, 1.54) is 0 Å². The van der Waals surface area contributed by atoms with Crippen molar-refractivity contribution in [1.29, 1.82) is 0 Å². The van der Waals surface area contributed by atoms with E-state index in [9.17, 15) is 0 Å². The number of hydrogen-bond acceptors (Lipinski definition) is 7. The highest BCUT2D eigenvalue weighted by Crippen LogP contribution is 2.25. The molecule has 0 saturated heterocycles. The van der Waals surface area contributed by atoms with Gasteiger partial charge < -0.3 is 19.7 Å². The normalized spacial score (nSPS) is 11.1. The molecule has 2 aromatic heterocycles. The second kappa shape index (κ2) is 10.9. The molecule has 34 heavy (non-hydrogen) atoms. The summed E-state index contributed by atoms with van der Waals surface area (Å²) in [6.07, 6.45) is 5.61. The number of fused-ring (bicyclic) bond motifs is 1. The van der Waals surface area contributed by atoms with Crippen LogP contribution >= 0.6 is 0 Å². The largest absolute Gasteiger partial charge is 0.497 e. The third-order valence-electron chi connectivity index (χ3n) is 5.92. The summed E-state index contributed by atoms with van der Waals surface area (Å²) >= 11 is 0. The Bertz CT molecular complexity index is 1140. The lowest BCUT2D eigenvalue weighted by atomic mass is 10.1. The Hall–Kier alpha value is -3.81. The van der Waals surface area contributed by atoms with Crippen molar-refractivity contribution in [1.82, 2.24) is 19.6 Å². The SMILES string of the molecule is CCC(CC)Nc1nc(N(Cc2ccc(OC)cc2)Cc2ccc(OC)cc2)c2nccn2n1. The van der Waals surface area contributed by atoms with E-state index >= 15 is 0 Å². The molecule has 0 saturated carbocycles. The van der Waals surface area contributed by atoms with Crippen LogP contribution in [-0.4, -0.2) is 39.8 Å². The van der Waals surface area contributed by atoms with Crippen LogP contribution in [0.2, 0.25) is 0 Å². The molecule has 0 fully saturated rings. The lowest BCUT2D eigenvalue weighted by Gasteiger charge is -2.25. The van der Waals surface area contributed by atoms with Crippen molar-refractivity contribution in [3.05, 3.63) is 72.1 Å². The predicted molar refractivity (Wildman–Crippen MR) is 135 cm³/mol. The molecule has 8 heteroatoms. The first-order valence-electron chi connectivity index (χ1n) is 11.6. The van der Waals surface area contributed by atoms with E-state index in [0.29, 0.717) is 25.1 Å². The van der Waals surface area contributed by atoms with Gasteiger partial charge in [-0.2, -0.15) is 4.98 Å². The zero-order valence-electron chi connectivity index (χ0n) is 20.2. The van der Waals surface area contributed by atoms with Crippen LogP contribution in [0, 0.1) is 0 Å². The number of imidazole rings is 1. The van der Waals surface area contributed by atoms with Gasteiger partial charge in [0.05, 0.1) is 14.2 Å². The van der Waals surface area contributed by atoms with Gasteiger partial charge in [-0.3, -0.25) is 0 Å². The van der Waals surface area contributed by atoms with Crippen LogP contribution in [-0.2, 0) is 13.1 Å². The van der Waals surface area contributed by atoms with Gasteiger partial charge in [0, 0.05) is 31.5 Å². The van der Waals surface area contributed by atoms with Crippen molar-refractivity contribution < 1.29 is 9.47 Å². The maximum atomic E-state index is 5.33. The summed E-state index contributed by atoms with van der Waals surface area (Å²) in [5, 5.41) is 8.13. The van der Waals surface area contributed by atoms with Crippen LogP contribution in [0.5, 0.6) is 11.5 Å². The molecule has 4 aromatic rings. The summed E-state index contributed by atoms with van der Waals surface area (Å²) in [6.45, 7) is 5.63. The fraction of sp³-hybridized carbons (Fsp3) is 0.346. The molecule has 4 rings (SSSR count). The minimum absolute atomic E-state index is 0.311. The fourth-order valence-electron chi connectivity index (χ4n) is 3.87. The number of ether oxygens (including phenoxy) is 2. The molecule has 0 radical (unpaired) electrons. The quantitative estimate of drug-likeness (QED) is 0.339. The number of rotatable bonds is 11. The molecule has 0 spiro atoms. The number of methoxy groups -OCH3 is 2. The predicted octanol–water partition coefficient (Wildman–Crippen LogP) is 4.95. The first-order chi connectivity index (χ1) is 16.6. The molecular formula is C26H32N6O2. The van der Waals surface area contributed by atoms with Gasteiger partial charge in [0.1, 0.15) is 11.5 Å². The highest BCUT2D eigenvalue weighted by molar-refractivity contribution is 5.65. The minimum atomic E-state index is 0.311. The topological polar surface area (TPSA) is 76.8 Å². The molecule has 0 atom stereocenters. The lowest BCUT2D eigenvalue weighted by molar-refractivity contribution is 0.414. The van der Waals surface area contributed by atoms with Gasteiger partial charge in [-0.15, -0.1) is 5.10 Å². The summed E-state index contributed by atoms with van der Waals surface area (Å²) < 4.78 is 12.5. The van der Waals surface area contributed by atoms with Crippen LogP contribution in [0.25, 0.3) is 5.65 Å². The van der Waals surface area contributed by atoms with Crippen LogP contribution in [0.4, 0.5) is 11.8 Å². The molecule has 0 aliphatic rings. The summed E-state index contributed by atoms with van der Waals surface area (Å²) in [6, 6.07) is 16.5. The zero-order chi connectivity index (χ0) is 23.9. The summed E-state index contributed by atoms with van der Waals surface area (Å²) in [5.74, 6) is 3.04. The Labute approximate surface area is 200 Å². The van der Waals surface area contributed by atoms with Crippen LogP contribution in [0.3, 0.4) is 0 Å². The summed E-state index contributed by atoms with van der Waals surface area (Å²) in [4.78, 5) is 11.7. The molecule has 8 nitrogen and oxygen atoms in total. The van der Waals surface area contributed by atoms with Crippen molar-refractivity contribution in [2.45, 2.75) is 45.8 Å². The Morgan fingerprint density at radius 2 is 1.44 bits per heavy atom. The van der Waals surface area contributed by atoms with Crippen LogP contribution in [0.1, 0.15) is 37.8 Å². The Kier molecular flexibility index (Phi) is 7.47. The van der Waals surface area contributed by atoms with Gasteiger partial charge in [-0.25, -0.2) is 9.50 Å². The highest BCUT2D eigenvalue weighted by Gasteiger charge is 2.18. The maximum Gasteiger partial charge on any atom is 0.243 e. The molecule has 1 N–H and O–H groups in total. The minimum Gasteiger partial charge on any atom is -0.497 e. The van der Waals surface area contributed by atoms with E-state index in [-0.39, 0.29) is 0 Å². The van der Waals surface area contributed by atoms with Crippen molar-refractivity contribution in [2.24, 2.45) is 0 Å². The van der Waals surface area contributed by atoms with E-state index in [4.69, 9.17) is 14.5 Å². The van der Waals surface area contributed by atoms with E-state index in [1.807, 2.05) is 30.5 Å². The Morgan fingerprint density at radius 1 is 0.882 bits per heavy atom. The number of anilines is 2. The smallest absolute Gasteiger partial charge is 0.243 e. The first-order valence-corrected chi connectivity index (χ1v) is 11.6. The highest BCUT2D eigenvalue weighted by atomic mass is 16.5. The number of aromatic nitrogens is 4. The third kappa shape index (κ3) is 5.39. The van der Waals surface area contributed by atoms with E-state index in [0.717, 1.165) is 46.9 Å². The number of nitrogens with zero attached hydrogens (tertiary/aromatic N) is 5. The van der Waals surface area contributed by atoms with Crippen molar-refractivity contribution in [2.75, 3.05) is 24.4 Å². The van der Waals surface area contributed by atoms with Gasteiger partial charge >= 0.3 is 0 Å². The molecule has 2 aromatic carbocycles. The van der Waals surface area contributed by atoms with Gasteiger partial charge in [-0.1, -0.05) is 38.1 Å². The average Bonchev–Trinajstić information content (AvgIpc) is 3.36. The molecule has 178 valence electrons. The monoisotopic (exact) mass is 460 g/mol. The second-order valence-electron chi connectivity index (χ2n) is 8.16. The Balaban J connectivity index is 1.73. The Morgan fingerprint density at radius 3 is 1.94 bits per heavy atom. The van der Waals surface area contributed by atoms with Gasteiger partial charge in [0.15, 0.2) is 11.5 Å². The molecule has 0 aliphatic carbocycles. The molecular weight excluding hydrogens is 428 g/mol. The van der Waals surface area contributed by atoms with Crippen molar-refractivity contribution >= 4 is 17.4 Å². The standard InChI is InChI=1S/C26H32N6O2/c1-5-21(6-2)28-26-29-25(24-27-15-16-32(24)30-26)31(17-19-7-11-22(33-3)12-8-19)18-20-9-13-23(34-4)14-10-20/h7-16,21H,5-6,17-18H2,1-4H3,(H,28,30). The van der Waals surface area contributed by atoms with E-state index < -0.39 is 0 Å². The first kappa shape index (κ1) is 23.4. The summed E-state index contributed by atoms with van der Waals surface area (Å²) in [5.41, 5.74) is 3.01. The maximum absolute atomic E-state index is 5.33. The molecule has 2 heterocycles. The number of benzene rings is 2. The third-order valence-corrected chi connectivity index (χ3v) is 5.92. The van der Waals surface area contributed by atoms with Crippen molar-refractivity contribution in [3.63, 3.8) is 0 Å².